The van der Waals surface area contributed by atoms with Gasteiger partial charge in [-0.1, -0.05) is 25.3 Å². The first-order chi connectivity index (χ1) is 16.6. The maximum absolute atomic E-state index is 12.0. The number of rotatable bonds is 7. The topological polar surface area (TPSA) is 126 Å². The van der Waals surface area contributed by atoms with Gasteiger partial charge in [-0.3, -0.25) is 4.79 Å². The van der Waals surface area contributed by atoms with Gasteiger partial charge >= 0.3 is 6.09 Å². The number of aromatic nitrogens is 3. The van der Waals surface area contributed by atoms with Crippen molar-refractivity contribution in [3.63, 3.8) is 0 Å². The molecule has 1 saturated carbocycles. The predicted octanol–water partition coefficient (Wildman–Crippen LogP) is 5.16. The van der Waals surface area contributed by atoms with Gasteiger partial charge < -0.3 is 20.5 Å². The van der Waals surface area contributed by atoms with E-state index in [-0.39, 0.29) is 19.2 Å². The number of nitrogens with zero attached hydrogens (tertiary/aromatic N) is 3. The van der Waals surface area contributed by atoms with Gasteiger partial charge in [0.05, 0.1) is 10.6 Å². The van der Waals surface area contributed by atoms with Crippen LogP contribution in [0.1, 0.15) is 42.7 Å². The standard InChI is InChI=1S/C23H27N5O2S.CH2O2/c1-16-10-11-24-21(12-16)28-20-9-5-8-18(27-20)19-14-25-22(31-19)15-30-23(29)26-13-17-6-3-2-4-7-17;2-1-3/h5,8-12,14,17H,2-4,6-7,13,15H2,1H3,(H,26,29)(H,24,27,28);1H,(H,2,3). The molecule has 0 saturated heterocycles. The number of hydrogen-bond donors (Lipinski definition) is 3. The Kier molecular flexibility index (Phi) is 9.78. The Balaban J connectivity index is 0.00000103. The Morgan fingerprint density at radius 3 is 2.76 bits per heavy atom. The van der Waals surface area contributed by atoms with Crippen LogP contribution in [0.3, 0.4) is 0 Å². The molecule has 4 rings (SSSR count). The first kappa shape index (κ1) is 25.1. The average molecular weight is 484 g/mol. The second-order valence-corrected chi connectivity index (χ2v) is 9.05. The van der Waals surface area contributed by atoms with E-state index in [1.54, 1.807) is 12.4 Å². The lowest BCUT2D eigenvalue weighted by Gasteiger charge is -2.21. The van der Waals surface area contributed by atoms with E-state index in [0.29, 0.717) is 18.3 Å². The van der Waals surface area contributed by atoms with Crippen molar-refractivity contribution in [2.75, 3.05) is 11.9 Å². The van der Waals surface area contributed by atoms with Crippen molar-refractivity contribution in [2.45, 2.75) is 45.6 Å². The number of thiazole rings is 1. The first-order valence-electron chi connectivity index (χ1n) is 11.2. The minimum Gasteiger partial charge on any atom is -0.483 e. The Hall–Kier alpha value is -3.53. The zero-order valence-corrected chi connectivity index (χ0v) is 19.9. The van der Waals surface area contributed by atoms with Crippen LogP contribution < -0.4 is 10.6 Å². The summed E-state index contributed by atoms with van der Waals surface area (Å²) in [5.74, 6) is 2.04. The van der Waals surface area contributed by atoms with Gasteiger partial charge in [0.25, 0.3) is 6.47 Å². The van der Waals surface area contributed by atoms with Gasteiger partial charge in [0, 0.05) is 18.9 Å². The van der Waals surface area contributed by atoms with Crippen LogP contribution in [0.5, 0.6) is 0 Å². The highest BCUT2D eigenvalue weighted by Gasteiger charge is 2.15. The van der Waals surface area contributed by atoms with Crippen molar-refractivity contribution in [1.29, 1.82) is 0 Å². The van der Waals surface area contributed by atoms with Crippen molar-refractivity contribution < 1.29 is 19.4 Å². The quantitative estimate of drug-likeness (QED) is 0.393. The fourth-order valence-electron chi connectivity index (χ4n) is 3.67. The summed E-state index contributed by atoms with van der Waals surface area (Å²) in [6.45, 7) is 2.63. The molecule has 34 heavy (non-hydrogen) atoms. The predicted molar refractivity (Wildman–Crippen MR) is 131 cm³/mol. The van der Waals surface area contributed by atoms with Gasteiger partial charge in [-0.2, -0.15) is 0 Å². The molecule has 0 unspecified atom stereocenters. The van der Waals surface area contributed by atoms with E-state index in [0.717, 1.165) is 27.0 Å². The van der Waals surface area contributed by atoms with Gasteiger partial charge in [-0.05, 0) is 55.5 Å². The van der Waals surface area contributed by atoms with Crippen molar-refractivity contribution >= 4 is 35.5 Å². The molecule has 3 heterocycles. The highest BCUT2D eigenvalue weighted by molar-refractivity contribution is 7.15. The largest absolute Gasteiger partial charge is 0.483 e. The molecule has 0 radical (unpaired) electrons. The van der Waals surface area contributed by atoms with Crippen LogP contribution in [0.2, 0.25) is 0 Å². The lowest BCUT2D eigenvalue weighted by atomic mass is 9.89. The lowest BCUT2D eigenvalue weighted by molar-refractivity contribution is -0.122. The molecule has 9 nitrogen and oxygen atoms in total. The number of hydrogen-bond acceptors (Lipinski definition) is 8. The zero-order valence-electron chi connectivity index (χ0n) is 19.1. The van der Waals surface area contributed by atoms with Crippen molar-refractivity contribution in [3.8, 4) is 10.6 Å². The number of aryl methyl sites for hydroxylation is 1. The summed E-state index contributed by atoms with van der Waals surface area (Å²) in [5, 5.41) is 13.7. The summed E-state index contributed by atoms with van der Waals surface area (Å²) in [6.07, 6.45) is 9.36. The molecular weight excluding hydrogens is 454 g/mol. The molecule has 3 aromatic heterocycles. The third kappa shape index (κ3) is 8.11. The molecule has 10 heteroatoms. The number of alkyl carbamates (subject to hydrolysis) is 1. The van der Waals surface area contributed by atoms with Crippen LogP contribution in [0.25, 0.3) is 10.6 Å². The maximum Gasteiger partial charge on any atom is 0.407 e. The van der Waals surface area contributed by atoms with E-state index < -0.39 is 0 Å². The van der Waals surface area contributed by atoms with E-state index in [9.17, 15) is 4.79 Å². The third-order valence-electron chi connectivity index (χ3n) is 5.31. The van der Waals surface area contributed by atoms with Crippen molar-refractivity contribution in [3.05, 3.63) is 53.3 Å². The first-order valence-corrected chi connectivity index (χ1v) is 12.0. The van der Waals surface area contributed by atoms with Crippen LogP contribution in [0.15, 0.2) is 42.7 Å². The lowest BCUT2D eigenvalue weighted by Crippen LogP contribution is -2.30. The second kappa shape index (κ2) is 13.2. The molecule has 1 aliphatic rings. The van der Waals surface area contributed by atoms with Gasteiger partial charge in [0.15, 0.2) is 0 Å². The third-order valence-corrected chi connectivity index (χ3v) is 6.31. The molecule has 180 valence electrons. The van der Waals surface area contributed by atoms with E-state index >= 15 is 0 Å². The molecular formula is C24H29N5O4S. The number of nitrogens with one attached hydrogen (secondary N) is 2. The number of pyridine rings is 2. The summed E-state index contributed by atoms with van der Waals surface area (Å²) >= 11 is 1.47. The van der Waals surface area contributed by atoms with Crippen LogP contribution in [0.4, 0.5) is 16.4 Å². The van der Waals surface area contributed by atoms with E-state index in [2.05, 4.69) is 25.6 Å². The maximum atomic E-state index is 12.0. The Bertz CT molecular complexity index is 1070. The fourth-order valence-corrected chi connectivity index (χ4v) is 4.47. The highest BCUT2D eigenvalue weighted by Crippen LogP contribution is 2.27. The number of ether oxygens (including phenoxy) is 1. The smallest absolute Gasteiger partial charge is 0.407 e. The average Bonchev–Trinajstić information content (AvgIpc) is 3.32. The zero-order chi connectivity index (χ0) is 24.2. The molecule has 0 aromatic carbocycles. The van der Waals surface area contributed by atoms with E-state index in [1.807, 2.05) is 37.3 Å². The fraction of sp³-hybridized carbons (Fsp3) is 0.375. The minimum absolute atomic E-state index is 0.159. The Morgan fingerprint density at radius 1 is 1.21 bits per heavy atom. The second-order valence-electron chi connectivity index (χ2n) is 7.94. The van der Waals surface area contributed by atoms with Gasteiger partial charge in [-0.15, -0.1) is 11.3 Å². The number of carbonyl (C=O) groups is 2. The summed E-state index contributed by atoms with van der Waals surface area (Å²) in [5.41, 5.74) is 1.94. The summed E-state index contributed by atoms with van der Waals surface area (Å²) in [4.78, 5) is 34.6. The Morgan fingerprint density at radius 2 is 2.00 bits per heavy atom. The van der Waals surface area contributed by atoms with E-state index in [1.165, 1.54) is 43.4 Å². The van der Waals surface area contributed by atoms with Crippen LogP contribution >= 0.6 is 11.3 Å². The van der Waals surface area contributed by atoms with Crippen LogP contribution in [0, 0.1) is 12.8 Å². The molecule has 0 atom stereocenters. The monoisotopic (exact) mass is 483 g/mol. The molecule has 1 amide bonds. The van der Waals surface area contributed by atoms with Gasteiger partial charge in [0.2, 0.25) is 0 Å². The Labute approximate surface area is 202 Å². The van der Waals surface area contributed by atoms with Crippen molar-refractivity contribution in [2.24, 2.45) is 5.92 Å². The van der Waals surface area contributed by atoms with Crippen molar-refractivity contribution in [1.82, 2.24) is 20.3 Å². The summed E-state index contributed by atoms with van der Waals surface area (Å²) < 4.78 is 5.34. The SMILES string of the molecule is Cc1ccnc(Nc2cccc(-c3cnc(COC(=O)NCC4CCCCC4)s3)n2)c1.O=CO. The van der Waals surface area contributed by atoms with Crippen LogP contribution in [-0.2, 0) is 16.1 Å². The number of carbonyl (C=O) groups excluding carboxylic acids is 1. The number of carboxylic acid groups (broad SMARTS) is 1. The highest BCUT2D eigenvalue weighted by atomic mass is 32.1. The number of amides is 1. The van der Waals surface area contributed by atoms with Gasteiger partial charge in [0.1, 0.15) is 23.3 Å². The molecule has 3 aromatic rings. The molecule has 0 bridgehead atoms. The number of anilines is 2. The molecule has 0 spiro atoms. The summed E-state index contributed by atoms with van der Waals surface area (Å²) in [6, 6.07) is 9.69. The molecule has 3 N–H and O–H groups in total. The van der Waals surface area contributed by atoms with Gasteiger partial charge in [-0.25, -0.2) is 19.7 Å². The normalized spacial score (nSPS) is 13.3. The minimum atomic E-state index is -0.377. The molecule has 1 fully saturated rings. The molecule has 1 aliphatic carbocycles. The van der Waals surface area contributed by atoms with Crippen LogP contribution in [-0.4, -0.2) is 39.2 Å². The summed E-state index contributed by atoms with van der Waals surface area (Å²) in [7, 11) is 0. The molecule has 0 aliphatic heterocycles. The van der Waals surface area contributed by atoms with E-state index in [4.69, 9.17) is 14.6 Å².